The standard InChI is InChI=1S/C11H13NO2/c1-8-2-3-9(7-12-8)6-10-4-5-14-11(10)13/h2-3,7,10H,4-6H2,1H3. The number of ether oxygens (including phenoxy) is 1. The minimum absolute atomic E-state index is 0.0412. The van der Waals surface area contributed by atoms with E-state index < -0.39 is 0 Å². The summed E-state index contributed by atoms with van der Waals surface area (Å²) in [6, 6.07) is 3.99. The highest BCUT2D eigenvalue weighted by Gasteiger charge is 2.26. The second kappa shape index (κ2) is 3.78. The molecule has 1 atom stereocenters. The minimum atomic E-state index is -0.0643. The molecule has 1 unspecified atom stereocenters. The van der Waals surface area contributed by atoms with Crippen molar-refractivity contribution in [2.24, 2.45) is 5.92 Å². The maximum atomic E-state index is 11.2. The second-order valence-corrected chi connectivity index (χ2v) is 3.67. The van der Waals surface area contributed by atoms with Crippen LogP contribution in [0.4, 0.5) is 0 Å². The zero-order valence-corrected chi connectivity index (χ0v) is 8.19. The third kappa shape index (κ3) is 1.92. The molecule has 1 aromatic rings. The van der Waals surface area contributed by atoms with Crippen molar-refractivity contribution in [3.8, 4) is 0 Å². The van der Waals surface area contributed by atoms with Gasteiger partial charge in [0.05, 0.1) is 12.5 Å². The van der Waals surface area contributed by atoms with E-state index in [0.717, 1.165) is 24.1 Å². The topological polar surface area (TPSA) is 39.2 Å². The lowest BCUT2D eigenvalue weighted by molar-refractivity contribution is -0.141. The Balaban J connectivity index is 2.03. The van der Waals surface area contributed by atoms with Crippen LogP contribution in [0.15, 0.2) is 18.3 Å². The quantitative estimate of drug-likeness (QED) is 0.665. The molecule has 0 aliphatic carbocycles. The lowest BCUT2D eigenvalue weighted by Crippen LogP contribution is -2.10. The number of carbonyl (C=O) groups excluding carboxylic acids is 1. The first-order chi connectivity index (χ1) is 6.75. The van der Waals surface area contributed by atoms with Crippen LogP contribution in [0.3, 0.4) is 0 Å². The third-order valence-electron chi connectivity index (χ3n) is 2.50. The van der Waals surface area contributed by atoms with Crippen LogP contribution in [0.2, 0.25) is 0 Å². The number of esters is 1. The van der Waals surface area contributed by atoms with Crippen molar-refractivity contribution >= 4 is 5.97 Å². The molecule has 1 fully saturated rings. The number of aromatic nitrogens is 1. The van der Waals surface area contributed by atoms with Gasteiger partial charge in [0.25, 0.3) is 0 Å². The number of nitrogens with zero attached hydrogens (tertiary/aromatic N) is 1. The highest BCUT2D eigenvalue weighted by molar-refractivity contribution is 5.74. The monoisotopic (exact) mass is 191 g/mol. The van der Waals surface area contributed by atoms with Crippen LogP contribution in [0.25, 0.3) is 0 Å². The maximum absolute atomic E-state index is 11.2. The summed E-state index contributed by atoms with van der Waals surface area (Å²) in [5, 5.41) is 0. The van der Waals surface area contributed by atoms with Crippen molar-refractivity contribution in [1.82, 2.24) is 4.98 Å². The maximum Gasteiger partial charge on any atom is 0.309 e. The molecule has 74 valence electrons. The van der Waals surface area contributed by atoms with Crippen LogP contribution in [0.5, 0.6) is 0 Å². The lowest BCUT2D eigenvalue weighted by Gasteiger charge is -2.04. The third-order valence-corrected chi connectivity index (χ3v) is 2.50. The largest absolute Gasteiger partial charge is 0.465 e. The fourth-order valence-electron chi connectivity index (χ4n) is 1.63. The molecule has 0 saturated carbocycles. The van der Waals surface area contributed by atoms with E-state index in [0.29, 0.717) is 6.61 Å². The smallest absolute Gasteiger partial charge is 0.309 e. The van der Waals surface area contributed by atoms with E-state index in [2.05, 4.69) is 4.98 Å². The molecule has 0 N–H and O–H groups in total. The minimum Gasteiger partial charge on any atom is -0.465 e. The van der Waals surface area contributed by atoms with Crippen molar-refractivity contribution in [2.75, 3.05) is 6.61 Å². The van der Waals surface area contributed by atoms with Crippen molar-refractivity contribution < 1.29 is 9.53 Å². The van der Waals surface area contributed by atoms with Crippen LogP contribution < -0.4 is 0 Å². The van der Waals surface area contributed by atoms with Crippen LogP contribution in [-0.4, -0.2) is 17.6 Å². The summed E-state index contributed by atoms with van der Waals surface area (Å²) >= 11 is 0. The molecule has 0 bridgehead atoms. The SMILES string of the molecule is Cc1ccc(CC2CCOC2=O)cn1. The molecule has 3 heteroatoms. The van der Waals surface area contributed by atoms with Gasteiger partial charge in [-0.25, -0.2) is 0 Å². The van der Waals surface area contributed by atoms with E-state index in [1.165, 1.54) is 0 Å². The second-order valence-electron chi connectivity index (χ2n) is 3.67. The Labute approximate surface area is 83.1 Å². The molecule has 3 nitrogen and oxygen atoms in total. The van der Waals surface area contributed by atoms with Gasteiger partial charge in [-0.2, -0.15) is 0 Å². The molecule has 1 aliphatic rings. The van der Waals surface area contributed by atoms with Gasteiger partial charge < -0.3 is 4.74 Å². The number of hydrogen-bond acceptors (Lipinski definition) is 3. The highest BCUT2D eigenvalue weighted by atomic mass is 16.5. The molecule has 0 radical (unpaired) electrons. The van der Waals surface area contributed by atoms with Gasteiger partial charge in [-0.1, -0.05) is 6.07 Å². The normalized spacial score (nSPS) is 20.9. The van der Waals surface area contributed by atoms with Gasteiger partial charge in [-0.15, -0.1) is 0 Å². The summed E-state index contributed by atoms with van der Waals surface area (Å²) < 4.78 is 4.90. The first-order valence-electron chi connectivity index (χ1n) is 4.84. The van der Waals surface area contributed by atoms with Crippen LogP contribution in [0.1, 0.15) is 17.7 Å². The predicted octanol–water partition coefficient (Wildman–Crippen LogP) is 1.50. The number of hydrogen-bond donors (Lipinski definition) is 0. The van der Waals surface area contributed by atoms with Crippen LogP contribution >= 0.6 is 0 Å². The average Bonchev–Trinajstić information content (AvgIpc) is 2.56. The Morgan fingerprint density at radius 2 is 2.43 bits per heavy atom. The highest BCUT2D eigenvalue weighted by Crippen LogP contribution is 2.19. The Hall–Kier alpha value is -1.38. The Bertz CT molecular complexity index is 332. The van der Waals surface area contributed by atoms with Crippen LogP contribution in [0, 0.1) is 12.8 Å². The summed E-state index contributed by atoms with van der Waals surface area (Å²) in [6.07, 6.45) is 3.43. The molecule has 1 saturated heterocycles. The van der Waals surface area contributed by atoms with E-state index in [4.69, 9.17) is 4.74 Å². The fraction of sp³-hybridized carbons (Fsp3) is 0.455. The molecular weight excluding hydrogens is 178 g/mol. The molecule has 1 aromatic heterocycles. The summed E-state index contributed by atoms with van der Waals surface area (Å²) in [6.45, 7) is 2.52. The molecule has 0 aromatic carbocycles. The van der Waals surface area contributed by atoms with E-state index >= 15 is 0 Å². The number of pyridine rings is 1. The number of carbonyl (C=O) groups is 1. The summed E-state index contributed by atoms with van der Waals surface area (Å²) in [5.74, 6) is -0.0231. The molecule has 1 aliphatic heterocycles. The first kappa shape index (κ1) is 9.19. The van der Waals surface area contributed by atoms with Gasteiger partial charge >= 0.3 is 5.97 Å². The molecule has 2 heterocycles. The Kier molecular flexibility index (Phi) is 2.48. The van der Waals surface area contributed by atoms with Crippen molar-refractivity contribution in [3.63, 3.8) is 0 Å². The van der Waals surface area contributed by atoms with Gasteiger partial charge in [-0.05, 0) is 31.4 Å². The first-order valence-corrected chi connectivity index (χ1v) is 4.84. The Morgan fingerprint density at radius 1 is 1.57 bits per heavy atom. The zero-order valence-electron chi connectivity index (χ0n) is 8.19. The lowest BCUT2D eigenvalue weighted by atomic mass is 9.99. The number of rotatable bonds is 2. The van der Waals surface area contributed by atoms with Crippen molar-refractivity contribution in [3.05, 3.63) is 29.6 Å². The van der Waals surface area contributed by atoms with E-state index in [1.54, 1.807) is 0 Å². The van der Waals surface area contributed by atoms with E-state index in [1.807, 2.05) is 25.3 Å². The van der Waals surface area contributed by atoms with Crippen molar-refractivity contribution in [2.45, 2.75) is 19.8 Å². The molecular formula is C11H13NO2. The number of cyclic esters (lactones) is 1. The average molecular weight is 191 g/mol. The van der Waals surface area contributed by atoms with Gasteiger partial charge in [0, 0.05) is 11.9 Å². The number of aryl methyl sites for hydroxylation is 1. The molecule has 0 amide bonds. The summed E-state index contributed by atoms with van der Waals surface area (Å²) in [7, 11) is 0. The molecule has 2 rings (SSSR count). The molecule has 14 heavy (non-hydrogen) atoms. The summed E-state index contributed by atoms with van der Waals surface area (Å²) in [4.78, 5) is 15.4. The van der Waals surface area contributed by atoms with Gasteiger partial charge in [0.2, 0.25) is 0 Å². The van der Waals surface area contributed by atoms with Crippen LogP contribution in [-0.2, 0) is 16.0 Å². The van der Waals surface area contributed by atoms with Gasteiger partial charge in [0.1, 0.15) is 0 Å². The fourth-order valence-corrected chi connectivity index (χ4v) is 1.63. The zero-order chi connectivity index (χ0) is 9.97. The van der Waals surface area contributed by atoms with Gasteiger partial charge in [0.15, 0.2) is 0 Å². The van der Waals surface area contributed by atoms with Crippen molar-refractivity contribution in [1.29, 1.82) is 0 Å². The van der Waals surface area contributed by atoms with Gasteiger partial charge in [-0.3, -0.25) is 9.78 Å². The predicted molar refractivity (Wildman–Crippen MR) is 51.7 cm³/mol. The summed E-state index contributed by atoms with van der Waals surface area (Å²) in [5.41, 5.74) is 2.11. The van der Waals surface area contributed by atoms with E-state index in [9.17, 15) is 4.79 Å². The Morgan fingerprint density at radius 3 is 3.00 bits per heavy atom. The molecule has 0 spiro atoms. The van der Waals surface area contributed by atoms with E-state index in [-0.39, 0.29) is 11.9 Å².